The summed E-state index contributed by atoms with van der Waals surface area (Å²) in [7, 11) is 0. The molecule has 0 heterocycles. The van der Waals surface area contributed by atoms with E-state index in [4.69, 9.17) is 19.8 Å². The van der Waals surface area contributed by atoms with E-state index in [9.17, 15) is 10.1 Å². The maximum absolute atomic E-state index is 10.7. The summed E-state index contributed by atoms with van der Waals surface area (Å²) in [4.78, 5) is 28.5. The number of hydrogen-bond acceptors (Lipinski definition) is 5. The Kier molecular flexibility index (Phi) is 7.08. The molecule has 2 aromatic carbocycles. The van der Waals surface area contributed by atoms with Crippen molar-refractivity contribution in [2.45, 2.75) is 20.4 Å². The first-order chi connectivity index (χ1) is 11.7. The van der Waals surface area contributed by atoms with Crippen molar-refractivity contribution in [1.82, 2.24) is 0 Å². The van der Waals surface area contributed by atoms with E-state index in [1.54, 1.807) is 12.1 Å². The molecule has 3 N–H and O–H groups in total. The molecule has 0 unspecified atom stereocenters. The normalized spacial score (nSPS) is 9.52. The van der Waals surface area contributed by atoms with Crippen LogP contribution in [-0.4, -0.2) is 27.1 Å². The topological polar surface area (TPSA) is 130 Å². The van der Waals surface area contributed by atoms with Gasteiger partial charge >= 0.3 is 11.9 Å². The fourth-order valence-electron chi connectivity index (χ4n) is 1.96. The van der Waals surface area contributed by atoms with Gasteiger partial charge in [0.25, 0.3) is 5.69 Å². The third kappa shape index (κ3) is 6.30. The van der Waals surface area contributed by atoms with E-state index in [-0.39, 0.29) is 10.6 Å². The smallest absolute Gasteiger partial charge is 0.414 e. The van der Waals surface area contributed by atoms with Gasteiger partial charge in [-0.1, -0.05) is 24.3 Å². The van der Waals surface area contributed by atoms with Crippen molar-refractivity contribution in [3.63, 3.8) is 0 Å². The molecular formula is C17H18N2O6. The summed E-state index contributed by atoms with van der Waals surface area (Å²) in [6.07, 6.45) is 0. The van der Waals surface area contributed by atoms with Gasteiger partial charge < -0.3 is 15.5 Å². The maximum atomic E-state index is 10.7. The minimum absolute atomic E-state index is 0.124. The van der Waals surface area contributed by atoms with E-state index in [0.29, 0.717) is 6.54 Å². The Hall–Kier alpha value is -3.42. The van der Waals surface area contributed by atoms with Crippen LogP contribution in [0, 0.1) is 24.0 Å². The molecule has 0 saturated carbocycles. The Bertz CT molecular complexity index is 776. The Morgan fingerprint density at radius 3 is 2.12 bits per heavy atom. The first-order valence-corrected chi connectivity index (χ1v) is 7.22. The minimum atomic E-state index is -1.82. The molecule has 0 atom stereocenters. The van der Waals surface area contributed by atoms with Gasteiger partial charge in [0.1, 0.15) is 0 Å². The van der Waals surface area contributed by atoms with Crippen LogP contribution in [0.4, 0.5) is 11.4 Å². The molecule has 0 amide bonds. The highest BCUT2D eigenvalue weighted by Gasteiger charge is 2.08. The number of hydrogen-bond donors (Lipinski definition) is 3. The molecule has 2 rings (SSSR count). The zero-order valence-corrected chi connectivity index (χ0v) is 13.7. The lowest BCUT2D eigenvalue weighted by molar-refractivity contribution is -0.384. The molecular weight excluding hydrogens is 328 g/mol. The third-order valence-electron chi connectivity index (χ3n) is 3.33. The zero-order valence-electron chi connectivity index (χ0n) is 13.7. The molecule has 25 heavy (non-hydrogen) atoms. The van der Waals surface area contributed by atoms with Gasteiger partial charge in [-0.2, -0.15) is 0 Å². The number of non-ortho nitro benzene ring substituents is 1. The van der Waals surface area contributed by atoms with Gasteiger partial charge in [-0.05, 0) is 36.6 Å². The second-order valence-corrected chi connectivity index (χ2v) is 5.15. The molecule has 0 saturated heterocycles. The van der Waals surface area contributed by atoms with Gasteiger partial charge in [0.15, 0.2) is 0 Å². The molecule has 0 aliphatic heterocycles. The number of aliphatic carboxylic acids is 2. The van der Waals surface area contributed by atoms with E-state index in [0.717, 1.165) is 11.3 Å². The second-order valence-electron chi connectivity index (χ2n) is 5.15. The molecule has 0 aliphatic rings. The van der Waals surface area contributed by atoms with E-state index < -0.39 is 11.9 Å². The number of aryl methyl sites for hydroxylation is 2. The van der Waals surface area contributed by atoms with Crippen molar-refractivity contribution in [3.8, 4) is 0 Å². The quantitative estimate of drug-likeness (QED) is 0.441. The third-order valence-corrected chi connectivity index (χ3v) is 3.33. The van der Waals surface area contributed by atoms with Gasteiger partial charge in [0.05, 0.1) is 4.92 Å². The highest BCUT2D eigenvalue weighted by molar-refractivity contribution is 6.27. The second kappa shape index (κ2) is 9.02. The van der Waals surface area contributed by atoms with Crippen LogP contribution in [0.15, 0.2) is 42.5 Å². The highest BCUT2D eigenvalue weighted by atomic mass is 16.6. The number of benzene rings is 2. The molecule has 0 bridgehead atoms. The number of anilines is 1. The molecule has 0 aliphatic carbocycles. The Labute approximate surface area is 143 Å². The lowest BCUT2D eigenvalue weighted by Gasteiger charge is -2.11. The number of carboxylic acids is 2. The summed E-state index contributed by atoms with van der Waals surface area (Å²) in [5.41, 5.74) is 4.38. The van der Waals surface area contributed by atoms with Crippen LogP contribution in [0.5, 0.6) is 0 Å². The summed E-state index contributed by atoms with van der Waals surface area (Å²) in [5, 5.41) is 28.8. The van der Waals surface area contributed by atoms with Gasteiger partial charge in [-0.3, -0.25) is 10.1 Å². The number of nitrogens with one attached hydrogen (secondary N) is 1. The number of rotatable bonds is 4. The number of nitrogens with zero attached hydrogens (tertiary/aromatic N) is 1. The number of nitro benzene ring substituents is 1. The molecule has 0 fully saturated rings. The monoisotopic (exact) mass is 346 g/mol. The number of carbonyl (C=O) groups is 2. The van der Waals surface area contributed by atoms with Crippen LogP contribution < -0.4 is 5.32 Å². The fourth-order valence-corrected chi connectivity index (χ4v) is 1.96. The van der Waals surface area contributed by atoms with E-state index in [1.165, 1.54) is 17.2 Å². The molecule has 2 aromatic rings. The molecule has 132 valence electrons. The molecule has 8 nitrogen and oxygen atoms in total. The average molecular weight is 346 g/mol. The Morgan fingerprint density at radius 1 is 1.04 bits per heavy atom. The number of carboxylic acid groups (broad SMARTS) is 2. The van der Waals surface area contributed by atoms with Crippen LogP contribution in [0.3, 0.4) is 0 Å². The predicted octanol–water partition coefficient (Wildman–Crippen LogP) is 2.98. The summed E-state index contributed by atoms with van der Waals surface area (Å²) < 4.78 is 0. The number of nitro groups is 1. The van der Waals surface area contributed by atoms with E-state index in [1.807, 2.05) is 19.1 Å². The van der Waals surface area contributed by atoms with Gasteiger partial charge in [-0.25, -0.2) is 9.59 Å². The first kappa shape index (κ1) is 19.6. The zero-order chi connectivity index (χ0) is 19.0. The summed E-state index contributed by atoms with van der Waals surface area (Å²) in [6.45, 7) is 4.65. The van der Waals surface area contributed by atoms with Gasteiger partial charge in [0.2, 0.25) is 0 Å². The van der Waals surface area contributed by atoms with Crippen molar-refractivity contribution >= 4 is 23.3 Å². The van der Waals surface area contributed by atoms with Crippen LogP contribution in [0.25, 0.3) is 0 Å². The van der Waals surface area contributed by atoms with E-state index >= 15 is 0 Å². The first-order valence-electron chi connectivity index (χ1n) is 7.22. The van der Waals surface area contributed by atoms with Crippen LogP contribution in [-0.2, 0) is 16.1 Å². The summed E-state index contributed by atoms with van der Waals surface area (Å²) in [5.74, 6) is -3.65. The largest absolute Gasteiger partial charge is 0.473 e. The van der Waals surface area contributed by atoms with E-state index in [2.05, 4.69) is 24.4 Å². The van der Waals surface area contributed by atoms with Crippen LogP contribution >= 0.6 is 0 Å². The molecule has 0 spiro atoms. The highest BCUT2D eigenvalue weighted by Crippen LogP contribution is 2.22. The standard InChI is InChI=1S/C15H16N2O2.C2H2O4/c1-11-5-3-4-6-13(11)10-16-15-8-7-14(17(18)19)9-12(15)2;3-1(4)2(5)6/h3-9,16H,10H2,1-2H3;(H,3,4)(H,5,6). The van der Waals surface area contributed by atoms with Crippen LogP contribution in [0.2, 0.25) is 0 Å². The van der Waals surface area contributed by atoms with Crippen molar-refractivity contribution in [2.75, 3.05) is 5.32 Å². The van der Waals surface area contributed by atoms with Crippen molar-refractivity contribution in [3.05, 3.63) is 69.3 Å². The summed E-state index contributed by atoms with van der Waals surface area (Å²) >= 11 is 0. The van der Waals surface area contributed by atoms with Gasteiger partial charge in [-0.15, -0.1) is 0 Å². The lowest BCUT2D eigenvalue weighted by atomic mass is 10.1. The molecule has 8 heteroatoms. The lowest BCUT2D eigenvalue weighted by Crippen LogP contribution is -2.09. The fraction of sp³-hybridized carbons (Fsp3) is 0.176. The van der Waals surface area contributed by atoms with Gasteiger partial charge in [0, 0.05) is 24.4 Å². The van der Waals surface area contributed by atoms with Crippen molar-refractivity contribution in [1.29, 1.82) is 0 Å². The molecule has 0 aromatic heterocycles. The predicted molar refractivity (Wildman–Crippen MR) is 91.6 cm³/mol. The van der Waals surface area contributed by atoms with Crippen molar-refractivity contribution < 1.29 is 24.7 Å². The SMILES string of the molecule is Cc1ccccc1CNc1ccc([N+](=O)[O-])cc1C.O=C(O)C(=O)O. The molecule has 0 radical (unpaired) electrons. The van der Waals surface area contributed by atoms with Crippen molar-refractivity contribution in [2.24, 2.45) is 0 Å². The average Bonchev–Trinajstić information content (AvgIpc) is 2.55. The van der Waals surface area contributed by atoms with Crippen LogP contribution in [0.1, 0.15) is 16.7 Å². The Morgan fingerprint density at radius 2 is 1.64 bits per heavy atom. The summed E-state index contributed by atoms with van der Waals surface area (Å²) in [6, 6.07) is 13.0. The maximum Gasteiger partial charge on any atom is 0.414 e. The minimum Gasteiger partial charge on any atom is -0.473 e. The Balaban J connectivity index is 0.000000450.